The fourth-order valence-corrected chi connectivity index (χ4v) is 7.09. The van der Waals surface area contributed by atoms with E-state index in [2.05, 4.69) is 51.2 Å². The summed E-state index contributed by atoms with van der Waals surface area (Å²) >= 11 is 0. The molecule has 0 heterocycles. The minimum absolute atomic E-state index is 1.25. The maximum atomic E-state index is 2.54. The summed E-state index contributed by atoms with van der Waals surface area (Å²) in [6.45, 7) is 6.93. The van der Waals surface area contributed by atoms with Crippen LogP contribution in [0, 0.1) is 0 Å². The lowest BCUT2D eigenvalue weighted by Gasteiger charge is -2.03. The highest BCUT2D eigenvalue weighted by Crippen LogP contribution is 2.17. The molecular formula is C48H92. The van der Waals surface area contributed by atoms with Crippen molar-refractivity contribution in [3.8, 4) is 0 Å². The van der Waals surface area contributed by atoms with Crippen LogP contribution >= 0.6 is 0 Å². The number of hydrogen-bond acceptors (Lipinski definition) is 0. The summed E-state index contributed by atoms with van der Waals surface area (Å²) < 4.78 is 0. The zero-order chi connectivity index (χ0) is 34.7. The van der Waals surface area contributed by atoms with E-state index < -0.39 is 0 Å². The molecule has 0 atom stereocenters. The minimum Gasteiger partial charge on any atom is -0.0840 e. The maximum absolute atomic E-state index is 2.54. The fraction of sp³-hybridized carbons (Fsp3) is 0.875. The molecule has 48 heavy (non-hydrogen) atoms. The van der Waals surface area contributed by atoms with Gasteiger partial charge in [0.15, 0.2) is 0 Å². The molecule has 0 aromatic carbocycles. The summed E-state index contributed by atoms with van der Waals surface area (Å²) in [6.07, 6.45) is 67.8. The maximum Gasteiger partial charge on any atom is -0.0303 e. The highest BCUT2D eigenvalue weighted by molar-refractivity contribution is 5.30. The quantitative estimate of drug-likeness (QED) is 0.0449. The Morgan fingerprint density at radius 3 is 0.708 bits per heavy atom. The summed E-state index contributed by atoms with van der Waals surface area (Å²) in [7, 11) is 0. The van der Waals surface area contributed by atoms with Crippen LogP contribution in [0.3, 0.4) is 0 Å². The van der Waals surface area contributed by atoms with E-state index >= 15 is 0 Å². The summed E-state index contributed by atoms with van der Waals surface area (Å²) in [4.78, 5) is 0. The molecule has 0 saturated heterocycles. The van der Waals surface area contributed by atoms with Gasteiger partial charge in [-0.25, -0.2) is 0 Å². The van der Waals surface area contributed by atoms with Crippen LogP contribution in [-0.4, -0.2) is 0 Å². The molecule has 0 aliphatic carbocycles. The molecule has 0 aromatic rings. The first-order valence-electron chi connectivity index (χ1n) is 22.9. The molecule has 0 heteroatoms. The molecule has 0 nitrogen and oxygen atoms in total. The Morgan fingerprint density at radius 1 is 0.250 bits per heavy atom. The first-order valence-corrected chi connectivity index (χ1v) is 22.9. The second kappa shape index (κ2) is 44.2. The van der Waals surface area contributed by atoms with Gasteiger partial charge in [-0.1, -0.05) is 263 Å². The largest absolute Gasteiger partial charge is 0.0840 e. The molecule has 0 fully saturated rings. The average molecular weight is 669 g/mol. The third-order valence-electron chi connectivity index (χ3n) is 10.5. The van der Waals surface area contributed by atoms with Gasteiger partial charge in [0.05, 0.1) is 0 Å². The van der Waals surface area contributed by atoms with Crippen molar-refractivity contribution < 1.29 is 0 Å². The Bertz CT molecular complexity index is 651. The van der Waals surface area contributed by atoms with Crippen LogP contribution in [0.5, 0.6) is 0 Å². The normalized spacial score (nSPS) is 12.4. The second-order valence-corrected chi connectivity index (χ2v) is 15.5. The van der Waals surface area contributed by atoms with Crippen molar-refractivity contribution >= 4 is 0 Å². The van der Waals surface area contributed by atoms with Gasteiger partial charge in [-0.2, -0.15) is 0 Å². The molecule has 0 unspecified atom stereocenters. The Hall–Kier alpha value is -0.780. The van der Waals surface area contributed by atoms with E-state index in [-0.39, 0.29) is 0 Å². The molecule has 0 spiro atoms. The summed E-state index contributed by atoms with van der Waals surface area (Å²) in [6, 6.07) is 0. The lowest BCUT2D eigenvalue weighted by Crippen LogP contribution is -1.83. The number of hydrogen-bond donors (Lipinski definition) is 0. The zero-order valence-corrected chi connectivity index (χ0v) is 34.0. The van der Waals surface area contributed by atoms with E-state index in [1.54, 1.807) is 0 Å². The van der Waals surface area contributed by atoms with Crippen LogP contribution in [0.2, 0.25) is 0 Å². The molecule has 0 N–H and O–H groups in total. The molecule has 0 aliphatic rings. The topological polar surface area (TPSA) is 0 Å². The number of rotatable bonds is 41. The van der Waals surface area contributed by atoms with Gasteiger partial charge in [-0.05, 0) is 44.1 Å². The Labute approximate surface area is 306 Å². The van der Waals surface area contributed by atoms with Crippen LogP contribution < -0.4 is 0 Å². The summed E-state index contributed by atoms with van der Waals surface area (Å²) in [5.74, 6) is 0. The van der Waals surface area contributed by atoms with Crippen LogP contribution in [0.4, 0.5) is 0 Å². The van der Waals surface area contributed by atoms with Gasteiger partial charge in [0.2, 0.25) is 0 Å². The molecule has 0 amide bonds. The molecule has 0 rings (SSSR count). The van der Waals surface area contributed by atoms with E-state index in [4.69, 9.17) is 0 Å². The van der Waals surface area contributed by atoms with E-state index in [1.807, 2.05) is 0 Å². The van der Waals surface area contributed by atoms with E-state index in [0.717, 1.165) is 0 Å². The lowest BCUT2D eigenvalue weighted by molar-refractivity contribution is 0.536. The van der Waals surface area contributed by atoms with Gasteiger partial charge >= 0.3 is 0 Å². The van der Waals surface area contributed by atoms with Gasteiger partial charge in [0.1, 0.15) is 0 Å². The van der Waals surface area contributed by atoms with E-state index in [1.165, 1.54) is 256 Å². The van der Waals surface area contributed by atoms with Crippen molar-refractivity contribution in [1.29, 1.82) is 0 Å². The molecule has 284 valence electrons. The summed E-state index contributed by atoms with van der Waals surface area (Å²) in [5, 5.41) is 0. The number of unbranched alkanes of at least 4 members (excludes halogenated alkanes) is 36. The first kappa shape index (κ1) is 47.2. The third-order valence-corrected chi connectivity index (χ3v) is 10.5. The molecule has 0 saturated carbocycles. The average Bonchev–Trinajstić information content (AvgIpc) is 3.10. The van der Waals surface area contributed by atoms with Crippen LogP contribution in [0.1, 0.15) is 271 Å². The van der Waals surface area contributed by atoms with E-state index in [9.17, 15) is 0 Å². The molecule has 0 aliphatic heterocycles. The second-order valence-electron chi connectivity index (χ2n) is 15.5. The molecule has 0 radical (unpaired) electrons. The Kier molecular flexibility index (Phi) is 43.5. The molecular weight excluding hydrogens is 577 g/mol. The van der Waals surface area contributed by atoms with Crippen LogP contribution in [0.25, 0.3) is 0 Å². The standard InChI is InChI=1S/C48H92/c1-4-7-10-13-16-19-22-25-27-29-32-35-38-41-44-47-48(45-42-39-36-33-30-24-21-18-15-12-9-6-3)46-43-40-37-34-31-28-26-23-20-17-14-11-8-5-2/h42-43,45-47H,4-41,44H2,1-3H3. The van der Waals surface area contributed by atoms with Crippen LogP contribution in [-0.2, 0) is 0 Å². The van der Waals surface area contributed by atoms with Gasteiger partial charge in [0.25, 0.3) is 0 Å². The van der Waals surface area contributed by atoms with Crippen molar-refractivity contribution in [2.45, 2.75) is 271 Å². The van der Waals surface area contributed by atoms with Gasteiger partial charge in [-0.3, -0.25) is 0 Å². The first-order chi connectivity index (χ1) is 23.8. The monoisotopic (exact) mass is 669 g/mol. The predicted octanol–water partition coefficient (Wildman–Crippen LogP) is 18.3. The van der Waals surface area contributed by atoms with Gasteiger partial charge in [-0.15, -0.1) is 0 Å². The molecule has 0 aromatic heterocycles. The van der Waals surface area contributed by atoms with Crippen molar-refractivity contribution in [2.24, 2.45) is 0 Å². The third kappa shape index (κ3) is 41.4. The predicted molar refractivity (Wildman–Crippen MR) is 223 cm³/mol. The highest BCUT2D eigenvalue weighted by atomic mass is 14.0. The van der Waals surface area contributed by atoms with Gasteiger partial charge < -0.3 is 0 Å². The Morgan fingerprint density at radius 2 is 0.458 bits per heavy atom. The molecule has 0 bridgehead atoms. The van der Waals surface area contributed by atoms with Crippen LogP contribution in [0.15, 0.2) is 36.0 Å². The van der Waals surface area contributed by atoms with Crippen molar-refractivity contribution in [3.63, 3.8) is 0 Å². The highest BCUT2D eigenvalue weighted by Gasteiger charge is 1.97. The fourth-order valence-electron chi connectivity index (χ4n) is 7.09. The van der Waals surface area contributed by atoms with Gasteiger partial charge in [0, 0.05) is 0 Å². The summed E-state index contributed by atoms with van der Waals surface area (Å²) in [5.41, 5.74) is 1.47. The SMILES string of the molecule is CCCCCCCCCCCCC=CC(C=CCCCCCCCCCCCCCC)=CCCCCCCCCCCCCCCCC. The Balaban J connectivity index is 4.14. The minimum atomic E-state index is 1.25. The van der Waals surface area contributed by atoms with Crippen molar-refractivity contribution in [3.05, 3.63) is 36.0 Å². The van der Waals surface area contributed by atoms with Crippen molar-refractivity contribution in [1.82, 2.24) is 0 Å². The number of allylic oxidation sites excluding steroid dienone is 6. The zero-order valence-electron chi connectivity index (χ0n) is 34.0. The smallest absolute Gasteiger partial charge is 0.0303 e. The lowest BCUT2D eigenvalue weighted by atomic mass is 10.0. The van der Waals surface area contributed by atoms with E-state index in [0.29, 0.717) is 0 Å². The van der Waals surface area contributed by atoms with Crippen molar-refractivity contribution in [2.75, 3.05) is 0 Å².